The van der Waals surface area contributed by atoms with Gasteiger partial charge < -0.3 is 29.9 Å². The van der Waals surface area contributed by atoms with Crippen LogP contribution in [0.25, 0.3) is 0 Å². The van der Waals surface area contributed by atoms with E-state index >= 15 is 0 Å². The first-order valence-corrected chi connectivity index (χ1v) is 14.4. The predicted octanol–water partition coefficient (Wildman–Crippen LogP) is 5.80. The van der Waals surface area contributed by atoms with E-state index in [0.717, 1.165) is 17.1 Å². The number of hydrogen-bond donors (Lipinski definition) is 2. The molecule has 0 bridgehead atoms. The molecule has 0 saturated heterocycles. The second kappa shape index (κ2) is 15.1. The lowest BCUT2D eigenvalue weighted by Crippen LogP contribution is -2.37. The van der Waals surface area contributed by atoms with Gasteiger partial charge in [0, 0.05) is 65.0 Å². The minimum Gasteiger partial charge on any atom is -0.494 e. The molecule has 0 atom stereocenters. The van der Waals surface area contributed by atoms with Crippen LogP contribution in [-0.2, 0) is 9.53 Å². The number of anilines is 2. The Kier molecular flexibility index (Phi) is 11.7. The zero-order valence-electron chi connectivity index (χ0n) is 26.1. The summed E-state index contributed by atoms with van der Waals surface area (Å²) in [5.74, 6) is 0.772. The van der Waals surface area contributed by atoms with E-state index in [4.69, 9.17) is 9.47 Å². The van der Waals surface area contributed by atoms with Crippen molar-refractivity contribution in [2.45, 2.75) is 45.1 Å². The fourth-order valence-corrected chi connectivity index (χ4v) is 4.46. The van der Waals surface area contributed by atoms with Gasteiger partial charge in [-0.1, -0.05) is 36.4 Å². The molecule has 0 aliphatic carbocycles. The van der Waals surface area contributed by atoms with E-state index in [1.165, 1.54) is 16.7 Å². The van der Waals surface area contributed by atoms with Crippen molar-refractivity contribution in [2.24, 2.45) is 0 Å². The number of nitrogens with one attached hydrogen (secondary N) is 2. The van der Waals surface area contributed by atoms with Crippen LogP contribution >= 0.6 is 0 Å². The third-order valence-corrected chi connectivity index (χ3v) is 6.63. The molecule has 8 heteroatoms. The van der Waals surface area contributed by atoms with E-state index in [2.05, 4.69) is 81.1 Å². The van der Waals surface area contributed by atoms with Crippen LogP contribution in [0.1, 0.15) is 56.2 Å². The Hall–Kier alpha value is -4.20. The van der Waals surface area contributed by atoms with Crippen LogP contribution in [0.3, 0.4) is 0 Å². The third-order valence-electron chi connectivity index (χ3n) is 6.63. The Balaban J connectivity index is 1.54. The van der Waals surface area contributed by atoms with Gasteiger partial charge in [-0.05, 0) is 80.3 Å². The number of carbonyl (C=O) groups is 2. The second-order valence-electron chi connectivity index (χ2n) is 11.7. The Morgan fingerprint density at radius 1 is 0.714 bits per heavy atom. The lowest BCUT2D eigenvalue weighted by molar-refractivity contribution is -0.121. The van der Waals surface area contributed by atoms with Gasteiger partial charge in [0.2, 0.25) is 5.91 Å². The molecule has 0 saturated carbocycles. The van der Waals surface area contributed by atoms with Crippen molar-refractivity contribution >= 4 is 23.4 Å². The standard InChI is InChI=1S/C34H46N4O4/c1-34(2,3)42-33(40)36-23-22-35-31(39)9-8-24-41-30-20-14-27(15-21-30)32(25-10-16-28(17-11-25)37(4)5)26-12-18-29(19-13-26)38(6)7/h10-21,32H,8-9,22-24H2,1-7H3,(H,35,39)(H,36,40). The summed E-state index contributed by atoms with van der Waals surface area (Å²) >= 11 is 0. The molecule has 226 valence electrons. The van der Waals surface area contributed by atoms with Crippen molar-refractivity contribution in [3.63, 3.8) is 0 Å². The summed E-state index contributed by atoms with van der Waals surface area (Å²) in [6.07, 6.45) is 0.442. The molecule has 0 aromatic heterocycles. The minimum atomic E-state index is -0.550. The topological polar surface area (TPSA) is 83.1 Å². The number of hydrogen-bond acceptors (Lipinski definition) is 6. The van der Waals surface area contributed by atoms with Gasteiger partial charge in [-0.3, -0.25) is 4.79 Å². The number of amides is 2. The van der Waals surface area contributed by atoms with Crippen LogP contribution < -0.4 is 25.2 Å². The highest BCUT2D eigenvalue weighted by atomic mass is 16.6. The maximum atomic E-state index is 12.1. The molecule has 0 radical (unpaired) electrons. The van der Waals surface area contributed by atoms with Gasteiger partial charge in [0.15, 0.2) is 0 Å². The summed E-state index contributed by atoms with van der Waals surface area (Å²) in [6, 6.07) is 25.6. The zero-order chi connectivity index (χ0) is 30.7. The summed E-state index contributed by atoms with van der Waals surface area (Å²) in [5, 5.41) is 5.43. The van der Waals surface area contributed by atoms with E-state index in [1.807, 2.05) is 40.3 Å². The van der Waals surface area contributed by atoms with Gasteiger partial charge in [-0.15, -0.1) is 0 Å². The molecule has 0 spiro atoms. The van der Waals surface area contributed by atoms with Crippen LogP contribution in [0.5, 0.6) is 5.75 Å². The summed E-state index contributed by atoms with van der Waals surface area (Å²) in [7, 11) is 8.18. The molecular formula is C34H46N4O4. The van der Waals surface area contributed by atoms with Crippen molar-refractivity contribution in [1.29, 1.82) is 0 Å². The first-order valence-electron chi connectivity index (χ1n) is 14.4. The highest BCUT2D eigenvalue weighted by Crippen LogP contribution is 2.34. The monoisotopic (exact) mass is 574 g/mol. The summed E-state index contributed by atoms with van der Waals surface area (Å²) in [6.45, 7) is 6.50. The van der Waals surface area contributed by atoms with Crippen LogP contribution in [0.4, 0.5) is 16.2 Å². The van der Waals surface area contributed by atoms with Gasteiger partial charge >= 0.3 is 6.09 Å². The number of alkyl carbamates (subject to hydrolysis) is 1. The van der Waals surface area contributed by atoms with Crippen molar-refractivity contribution in [3.05, 3.63) is 89.5 Å². The van der Waals surface area contributed by atoms with E-state index in [1.54, 1.807) is 20.8 Å². The smallest absolute Gasteiger partial charge is 0.407 e. The molecule has 0 aliphatic rings. The van der Waals surface area contributed by atoms with Crippen LogP contribution in [0.15, 0.2) is 72.8 Å². The first kappa shape index (κ1) is 32.3. The molecule has 0 aliphatic heterocycles. The molecule has 3 rings (SSSR count). The van der Waals surface area contributed by atoms with Gasteiger partial charge in [0.1, 0.15) is 11.4 Å². The van der Waals surface area contributed by atoms with Crippen molar-refractivity contribution in [2.75, 3.05) is 57.7 Å². The molecule has 42 heavy (non-hydrogen) atoms. The molecular weight excluding hydrogens is 528 g/mol. The van der Waals surface area contributed by atoms with Crippen molar-refractivity contribution in [1.82, 2.24) is 10.6 Å². The van der Waals surface area contributed by atoms with Crippen LogP contribution in [0, 0.1) is 0 Å². The average molecular weight is 575 g/mol. The molecule has 0 fully saturated rings. The SMILES string of the molecule is CN(C)c1ccc(C(c2ccc(OCCCC(=O)NCCNC(=O)OC(C)(C)C)cc2)c2ccc(N(C)C)cc2)cc1. The summed E-state index contributed by atoms with van der Waals surface area (Å²) in [4.78, 5) is 28.0. The molecule has 0 heterocycles. The quantitative estimate of drug-likeness (QED) is 0.198. The molecule has 3 aromatic carbocycles. The average Bonchev–Trinajstić information content (AvgIpc) is 2.94. The third kappa shape index (κ3) is 10.3. The number of nitrogens with zero attached hydrogens (tertiary/aromatic N) is 2. The Bertz CT molecular complexity index is 1210. The van der Waals surface area contributed by atoms with Crippen molar-refractivity contribution in [3.8, 4) is 5.75 Å². The van der Waals surface area contributed by atoms with Gasteiger partial charge in [0.05, 0.1) is 6.61 Å². The Labute approximate surface area is 251 Å². The van der Waals surface area contributed by atoms with E-state index in [9.17, 15) is 9.59 Å². The van der Waals surface area contributed by atoms with Gasteiger partial charge in [-0.25, -0.2) is 4.79 Å². The van der Waals surface area contributed by atoms with Gasteiger partial charge in [-0.2, -0.15) is 0 Å². The predicted molar refractivity (Wildman–Crippen MR) is 171 cm³/mol. The van der Waals surface area contributed by atoms with E-state index < -0.39 is 11.7 Å². The number of rotatable bonds is 13. The maximum absolute atomic E-state index is 12.1. The number of benzene rings is 3. The molecule has 2 N–H and O–H groups in total. The lowest BCUT2D eigenvalue weighted by atomic mass is 9.85. The normalized spacial score (nSPS) is 11.1. The summed E-state index contributed by atoms with van der Waals surface area (Å²) < 4.78 is 11.1. The molecule has 8 nitrogen and oxygen atoms in total. The Morgan fingerprint density at radius 2 is 1.17 bits per heavy atom. The second-order valence-corrected chi connectivity index (χ2v) is 11.7. The van der Waals surface area contributed by atoms with E-state index in [0.29, 0.717) is 32.5 Å². The summed E-state index contributed by atoms with van der Waals surface area (Å²) in [5.41, 5.74) is 5.40. The lowest BCUT2D eigenvalue weighted by Gasteiger charge is -2.22. The van der Waals surface area contributed by atoms with Crippen LogP contribution in [-0.4, -0.2) is 65.5 Å². The largest absolute Gasteiger partial charge is 0.494 e. The van der Waals surface area contributed by atoms with E-state index in [-0.39, 0.29) is 11.8 Å². The van der Waals surface area contributed by atoms with Crippen LogP contribution in [0.2, 0.25) is 0 Å². The number of ether oxygens (including phenoxy) is 2. The zero-order valence-corrected chi connectivity index (χ0v) is 26.1. The fourth-order valence-electron chi connectivity index (χ4n) is 4.46. The van der Waals surface area contributed by atoms with Crippen molar-refractivity contribution < 1.29 is 19.1 Å². The first-order chi connectivity index (χ1) is 19.9. The Morgan fingerprint density at radius 3 is 1.62 bits per heavy atom. The highest BCUT2D eigenvalue weighted by Gasteiger charge is 2.18. The maximum Gasteiger partial charge on any atom is 0.407 e. The number of carbonyl (C=O) groups excluding carboxylic acids is 2. The van der Waals surface area contributed by atoms with Gasteiger partial charge in [0.25, 0.3) is 0 Å². The minimum absolute atomic E-state index is 0.0802. The fraction of sp³-hybridized carbons (Fsp3) is 0.412. The molecule has 2 amide bonds. The molecule has 0 unspecified atom stereocenters. The highest BCUT2D eigenvalue weighted by molar-refractivity contribution is 5.76. The molecule has 3 aromatic rings.